The summed E-state index contributed by atoms with van der Waals surface area (Å²) < 4.78 is 1.54. The first-order valence-electron chi connectivity index (χ1n) is 2.91. The van der Waals surface area contributed by atoms with Crippen LogP contribution >= 0.6 is 0 Å². The molecule has 0 amide bonds. The number of nitrogens with two attached hydrogens (primary N) is 1. The molecule has 1 atom stereocenters. The Bertz CT molecular complexity index is 214. The Balaban J connectivity index is 2.95. The minimum absolute atomic E-state index is 0.604. The van der Waals surface area contributed by atoms with E-state index in [1.165, 1.54) is 0 Å². The molecule has 1 heterocycles. The Morgan fingerprint density at radius 1 is 1.50 bits per heavy atom. The lowest BCUT2D eigenvalue weighted by molar-refractivity contribution is -0.113. The summed E-state index contributed by atoms with van der Waals surface area (Å²) in [6.45, 7) is 3.50. The van der Waals surface area contributed by atoms with E-state index in [2.05, 4.69) is 6.92 Å². The van der Waals surface area contributed by atoms with Crippen molar-refractivity contribution in [1.29, 1.82) is 0 Å². The number of rotatable bonds is 2. The molecule has 3 heteroatoms. The van der Waals surface area contributed by atoms with Crippen molar-refractivity contribution in [1.82, 2.24) is 4.57 Å². The van der Waals surface area contributed by atoms with Crippen molar-refractivity contribution in [3.63, 3.8) is 0 Å². The Morgan fingerprint density at radius 3 is 2.40 bits per heavy atom. The fourth-order valence-electron chi connectivity index (χ4n) is 0.673. The molecule has 0 bridgehead atoms. The molecule has 1 radical (unpaired) electrons. The molecule has 1 rings (SSSR count). The van der Waals surface area contributed by atoms with Crippen molar-refractivity contribution in [2.45, 2.75) is 5.66 Å². The first-order chi connectivity index (χ1) is 4.67. The molecule has 53 valence electrons. The monoisotopic (exact) mass is 137 g/mol. The minimum atomic E-state index is -1.15. The maximum Gasteiger partial charge on any atom is 0.160 e. The van der Waals surface area contributed by atoms with Gasteiger partial charge in [-0.05, 0) is 19.1 Å². The minimum Gasteiger partial charge on any atom is -0.330 e. The van der Waals surface area contributed by atoms with Crippen molar-refractivity contribution in [2.24, 2.45) is 5.73 Å². The molecule has 0 aliphatic carbocycles. The summed E-state index contributed by atoms with van der Waals surface area (Å²) in [5.41, 5.74) is 4.32. The second-order valence-corrected chi connectivity index (χ2v) is 2.20. The predicted octanol–water partition coefficient (Wildman–Crippen LogP) is 0.133. The summed E-state index contributed by atoms with van der Waals surface area (Å²) in [5.74, 6) is 0. The Hall–Kier alpha value is -1.09. The average Bonchev–Trinajstić information content (AvgIpc) is 2.38. The van der Waals surface area contributed by atoms with Crippen molar-refractivity contribution < 1.29 is 4.79 Å². The van der Waals surface area contributed by atoms with Gasteiger partial charge in [0.1, 0.15) is 5.66 Å². The first-order valence-corrected chi connectivity index (χ1v) is 2.91. The zero-order chi connectivity index (χ0) is 7.61. The third-order valence-electron chi connectivity index (χ3n) is 1.29. The number of hydrogen-bond acceptors (Lipinski definition) is 2. The lowest BCUT2D eigenvalue weighted by atomic mass is 10.2. The number of carbonyl (C=O) groups is 1. The number of hydrogen-bond donors (Lipinski definition) is 1. The molecule has 0 spiro atoms. The highest BCUT2D eigenvalue weighted by Crippen LogP contribution is 2.03. The van der Waals surface area contributed by atoms with Gasteiger partial charge >= 0.3 is 0 Å². The van der Waals surface area contributed by atoms with Crippen LogP contribution in [0.3, 0.4) is 0 Å². The molecule has 1 unspecified atom stereocenters. The summed E-state index contributed by atoms with van der Waals surface area (Å²) >= 11 is 0. The van der Waals surface area contributed by atoms with Gasteiger partial charge in [-0.3, -0.25) is 4.79 Å². The molecular formula is C7H9N2O. The van der Waals surface area contributed by atoms with E-state index in [1.807, 2.05) is 0 Å². The zero-order valence-corrected chi connectivity index (χ0v) is 5.53. The van der Waals surface area contributed by atoms with E-state index in [-0.39, 0.29) is 0 Å². The molecule has 0 saturated heterocycles. The van der Waals surface area contributed by atoms with Crippen LogP contribution in [-0.4, -0.2) is 10.9 Å². The molecule has 10 heavy (non-hydrogen) atoms. The van der Waals surface area contributed by atoms with Gasteiger partial charge in [0.05, 0.1) is 0 Å². The van der Waals surface area contributed by atoms with Crippen LogP contribution in [0.15, 0.2) is 24.5 Å². The van der Waals surface area contributed by atoms with Crippen LogP contribution in [0.1, 0.15) is 0 Å². The van der Waals surface area contributed by atoms with Gasteiger partial charge in [-0.25, -0.2) is 0 Å². The van der Waals surface area contributed by atoms with Gasteiger partial charge in [-0.1, -0.05) is 0 Å². The van der Waals surface area contributed by atoms with Gasteiger partial charge in [0, 0.05) is 12.4 Å². The molecule has 2 N–H and O–H groups in total. The van der Waals surface area contributed by atoms with E-state index < -0.39 is 5.66 Å². The molecule has 0 aliphatic heterocycles. The van der Waals surface area contributed by atoms with E-state index in [4.69, 9.17) is 5.73 Å². The second-order valence-electron chi connectivity index (χ2n) is 2.20. The molecule has 1 aromatic rings. The number of carbonyl (C=O) groups excluding carboxylic acids is 1. The Morgan fingerprint density at radius 2 is 2.00 bits per heavy atom. The van der Waals surface area contributed by atoms with Crippen LogP contribution in [0.25, 0.3) is 0 Å². The predicted molar refractivity (Wildman–Crippen MR) is 38.0 cm³/mol. The maximum absolute atomic E-state index is 10.3. The van der Waals surface area contributed by atoms with Crippen molar-refractivity contribution >= 4 is 6.29 Å². The van der Waals surface area contributed by atoms with E-state index >= 15 is 0 Å². The smallest absolute Gasteiger partial charge is 0.160 e. The van der Waals surface area contributed by atoms with Crippen molar-refractivity contribution in [2.75, 3.05) is 0 Å². The van der Waals surface area contributed by atoms with Crippen LogP contribution in [-0.2, 0) is 10.5 Å². The molecule has 1 aromatic heterocycles. The van der Waals surface area contributed by atoms with Gasteiger partial charge in [0.15, 0.2) is 6.29 Å². The molecular weight excluding hydrogens is 128 g/mol. The van der Waals surface area contributed by atoms with Crippen molar-refractivity contribution in [3.8, 4) is 0 Å². The number of nitrogens with zero attached hydrogens (tertiary/aromatic N) is 1. The molecule has 0 saturated carbocycles. The van der Waals surface area contributed by atoms with Crippen molar-refractivity contribution in [3.05, 3.63) is 31.5 Å². The third kappa shape index (κ3) is 1.09. The normalized spacial score (nSPS) is 16.2. The molecule has 3 nitrogen and oxygen atoms in total. The molecule has 0 fully saturated rings. The average molecular weight is 137 g/mol. The molecule has 0 aromatic carbocycles. The molecule has 0 aliphatic rings. The zero-order valence-electron chi connectivity index (χ0n) is 5.53. The first kappa shape index (κ1) is 7.02. The van der Waals surface area contributed by atoms with Crippen LogP contribution < -0.4 is 5.73 Å². The Labute approximate surface area is 59.4 Å². The van der Waals surface area contributed by atoms with Crippen LogP contribution in [0.5, 0.6) is 0 Å². The Kier molecular flexibility index (Phi) is 1.59. The standard InChI is InChI=1S/C7H9N2O/c1-7(8,6-10)9-4-2-3-5-9/h2-6H,1,8H2. The lowest BCUT2D eigenvalue weighted by Crippen LogP contribution is -2.40. The topological polar surface area (TPSA) is 48.0 Å². The van der Waals surface area contributed by atoms with Crippen LogP contribution in [0.2, 0.25) is 0 Å². The quantitative estimate of drug-likeness (QED) is 0.589. The van der Waals surface area contributed by atoms with Gasteiger partial charge in [0.25, 0.3) is 0 Å². The highest BCUT2D eigenvalue weighted by molar-refractivity contribution is 5.61. The van der Waals surface area contributed by atoms with Gasteiger partial charge in [-0.15, -0.1) is 0 Å². The van der Waals surface area contributed by atoms with Crippen LogP contribution in [0, 0.1) is 6.92 Å². The highest BCUT2D eigenvalue weighted by atomic mass is 16.1. The largest absolute Gasteiger partial charge is 0.330 e. The fourth-order valence-corrected chi connectivity index (χ4v) is 0.673. The summed E-state index contributed by atoms with van der Waals surface area (Å²) in [4.78, 5) is 10.3. The number of aromatic nitrogens is 1. The van der Waals surface area contributed by atoms with Gasteiger partial charge < -0.3 is 10.3 Å². The third-order valence-corrected chi connectivity index (χ3v) is 1.29. The van der Waals surface area contributed by atoms with E-state index in [0.29, 0.717) is 6.29 Å². The van der Waals surface area contributed by atoms with E-state index in [1.54, 1.807) is 29.1 Å². The van der Waals surface area contributed by atoms with E-state index in [0.717, 1.165) is 0 Å². The van der Waals surface area contributed by atoms with Gasteiger partial charge in [0.2, 0.25) is 0 Å². The summed E-state index contributed by atoms with van der Waals surface area (Å²) in [5, 5.41) is 0. The summed E-state index contributed by atoms with van der Waals surface area (Å²) in [7, 11) is 0. The van der Waals surface area contributed by atoms with E-state index in [9.17, 15) is 4.79 Å². The summed E-state index contributed by atoms with van der Waals surface area (Å²) in [6, 6.07) is 3.58. The lowest BCUT2D eigenvalue weighted by Gasteiger charge is -2.18. The van der Waals surface area contributed by atoms with Crippen LogP contribution in [0.4, 0.5) is 0 Å². The highest BCUT2D eigenvalue weighted by Gasteiger charge is 2.17. The summed E-state index contributed by atoms with van der Waals surface area (Å²) in [6.07, 6.45) is 4.00. The maximum atomic E-state index is 10.3. The van der Waals surface area contributed by atoms with Gasteiger partial charge in [-0.2, -0.15) is 0 Å². The SMILES string of the molecule is [CH2]C(N)(C=O)n1cccc1. The fraction of sp³-hybridized carbons (Fsp3) is 0.143. The second kappa shape index (κ2) is 2.27. The number of aldehydes is 1.